The smallest absolute Gasteiger partial charge is 0.256 e. The molecule has 124 valence electrons. The molecule has 2 heterocycles. The number of morpholine rings is 1. The molecule has 3 rings (SSSR count). The number of carbonyl (C=O) groups is 2. The van der Waals surface area contributed by atoms with E-state index in [1.807, 2.05) is 11.8 Å². The predicted octanol–water partition coefficient (Wildman–Crippen LogP) is 1.81. The fourth-order valence-electron chi connectivity index (χ4n) is 4.42. The molecule has 5 heteroatoms. The third-order valence-corrected chi connectivity index (χ3v) is 5.81. The van der Waals surface area contributed by atoms with Crippen molar-refractivity contribution in [1.82, 2.24) is 9.80 Å². The normalized spacial score (nSPS) is 31.5. The average Bonchev–Trinajstić information content (AvgIpc) is 2.90. The number of hydrogen-bond donors (Lipinski definition) is 0. The fraction of sp³-hybridized carbons (Fsp3) is 0.882. The first-order valence-corrected chi connectivity index (χ1v) is 8.63. The molecule has 1 atom stereocenters. The summed E-state index contributed by atoms with van der Waals surface area (Å²) in [7, 11) is 0. The Morgan fingerprint density at radius 1 is 0.955 bits per heavy atom. The Kier molecular flexibility index (Phi) is 4.19. The summed E-state index contributed by atoms with van der Waals surface area (Å²) in [6.45, 7) is 6.54. The molecule has 0 aromatic heterocycles. The highest BCUT2D eigenvalue weighted by atomic mass is 16.5. The summed E-state index contributed by atoms with van der Waals surface area (Å²) in [6.07, 6.45) is 7.58. The standard InChI is InChI=1S/C17H28N2O3/c1-14(20)18-10-11-22-16(2,12-18)15(21)19-9-8-17(13-19)6-4-3-5-7-17/h3-13H2,1-2H3/t16-/m0/s1. The summed E-state index contributed by atoms with van der Waals surface area (Å²) in [5.74, 6) is 0.0911. The van der Waals surface area contributed by atoms with Crippen molar-refractivity contribution >= 4 is 11.8 Å². The van der Waals surface area contributed by atoms with Crippen LogP contribution in [0.4, 0.5) is 0 Å². The van der Waals surface area contributed by atoms with Crippen LogP contribution in [0, 0.1) is 5.41 Å². The van der Waals surface area contributed by atoms with E-state index in [1.165, 1.54) is 32.1 Å². The average molecular weight is 308 g/mol. The molecular formula is C17H28N2O3. The minimum absolute atomic E-state index is 0.0208. The maximum Gasteiger partial charge on any atom is 0.256 e. The number of amides is 2. The zero-order valence-corrected chi connectivity index (χ0v) is 13.9. The minimum Gasteiger partial charge on any atom is -0.362 e. The molecule has 0 bridgehead atoms. The van der Waals surface area contributed by atoms with Crippen molar-refractivity contribution in [3.05, 3.63) is 0 Å². The summed E-state index contributed by atoms with van der Waals surface area (Å²) in [6, 6.07) is 0. The molecule has 3 aliphatic rings. The zero-order valence-electron chi connectivity index (χ0n) is 13.9. The Hall–Kier alpha value is -1.10. The second-order valence-corrected chi connectivity index (χ2v) is 7.56. The van der Waals surface area contributed by atoms with Crippen LogP contribution in [0.25, 0.3) is 0 Å². The van der Waals surface area contributed by atoms with Crippen LogP contribution in [0.5, 0.6) is 0 Å². The molecule has 1 aliphatic carbocycles. The van der Waals surface area contributed by atoms with Crippen molar-refractivity contribution in [3.63, 3.8) is 0 Å². The largest absolute Gasteiger partial charge is 0.362 e. The summed E-state index contributed by atoms with van der Waals surface area (Å²) in [4.78, 5) is 28.3. The predicted molar refractivity (Wildman–Crippen MR) is 83.3 cm³/mol. The summed E-state index contributed by atoms with van der Waals surface area (Å²) in [5.41, 5.74) is -0.511. The van der Waals surface area contributed by atoms with Gasteiger partial charge in [-0.05, 0) is 31.6 Å². The molecule has 0 aromatic rings. The lowest BCUT2D eigenvalue weighted by Crippen LogP contribution is -2.59. The van der Waals surface area contributed by atoms with Crippen LogP contribution in [-0.4, -0.2) is 60.0 Å². The van der Waals surface area contributed by atoms with E-state index in [9.17, 15) is 9.59 Å². The van der Waals surface area contributed by atoms with Gasteiger partial charge in [-0.2, -0.15) is 0 Å². The van der Waals surface area contributed by atoms with Gasteiger partial charge in [0.2, 0.25) is 5.91 Å². The van der Waals surface area contributed by atoms with Gasteiger partial charge in [0, 0.05) is 26.6 Å². The molecule has 0 N–H and O–H groups in total. The molecule has 2 aliphatic heterocycles. The van der Waals surface area contributed by atoms with Gasteiger partial charge in [0.25, 0.3) is 5.91 Å². The Morgan fingerprint density at radius 3 is 2.36 bits per heavy atom. The van der Waals surface area contributed by atoms with Gasteiger partial charge in [0.05, 0.1) is 13.2 Å². The zero-order chi connectivity index (χ0) is 15.8. The number of carbonyl (C=O) groups excluding carboxylic acids is 2. The van der Waals surface area contributed by atoms with Crippen molar-refractivity contribution in [2.24, 2.45) is 5.41 Å². The molecular weight excluding hydrogens is 280 g/mol. The van der Waals surface area contributed by atoms with E-state index in [4.69, 9.17) is 4.74 Å². The number of hydrogen-bond acceptors (Lipinski definition) is 3. The van der Waals surface area contributed by atoms with Gasteiger partial charge in [-0.1, -0.05) is 19.3 Å². The van der Waals surface area contributed by atoms with Crippen molar-refractivity contribution in [3.8, 4) is 0 Å². The topological polar surface area (TPSA) is 49.9 Å². The summed E-state index contributed by atoms with van der Waals surface area (Å²) < 4.78 is 5.81. The van der Waals surface area contributed by atoms with Crippen LogP contribution in [0.1, 0.15) is 52.4 Å². The van der Waals surface area contributed by atoms with Gasteiger partial charge in [-0.15, -0.1) is 0 Å². The second-order valence-electron chi connectivity index (χ2n) is 7.56. The Balaban J connectivity index is 1.67. The fourth-order valence-corrected chi connectivity index (χ4v) is 4.42. The highest BCUT2D eigenvalue weighted by molar-refractivity contribution is 5.86. The van der Waals surface area contributed by atoms with Crippen molar-refractivity contribution in [2.45, 2.75) is 58.0 Å². The van der Waals surface area contributed by atoms with E-state index in [0.29, 0.717) is 25.1 Å². The first-order valence-electron chi connectivity index (χ1n) is 8.63. The lowest BCUT2D eigenvalue weighted by Gasteiger charge is -2.41. The van der Waals surface area contributed by atoms with Crippen molar-refractivity contribution < 1.29 is 14.3 Å². The number of nitrogens with zero attached hydrogens (tertiary/aromatic N) is 2. The van der Waals surface area contributed by atoms with Crippen LogP contribution >= 0.6 is 0 Å². The van der Waals surface area contributed by atoms with Crippen LogP contribution in [0.15, 0.2) is 0 Å². The third-order valence-electron chi connectivity index (χ3n) is 5.81. The first-order chi connectivity index (χ1) is 10.4. The van der Waals surface area contributed by atoms with E-state index in [0.717, 1.165) is 19.5 Å². The van der Waals surface area contributed by atoms with E-state index in [-0.39, 0.29) is 11.8 Å². The van der Waals surface area contributed by atoms with E-state index < -0.39 is 5.60 Å². The third kappa shape index (κ3) is 2.87. The van der Waals surface area contributed by atoms with Gasteiger partial charge >= 0.3 is 0 Å². The molecule has 0 unspecified atom stereocenters. The molecule has 1 spiro atoms. The monoisotopic (exact) mass is 308 g/mol. The number of ether oxygens (including phenoxy) is 1. The molecule has 2 amide bonds. The minimum atomic E-state index is -0.871. The molecule has 0 aromatic carbocycles. The molecule has 1 saturated carbocycles. The quantitative estimate of drug-likeness (QED) is 0.742. The number of rotatable bonds is 1. The van der Waals surface area contributed by atoms with E-state index >= 15 is 0 Å². The number of likely N-dealkylation sites (tertiary alicyclic amines) is 1. The molecule has 5 nitrogen and oxygen atoms in total. The van der Waals surface area contributed by atoms with Crippen LogP contribution in [0.2, 0.25) is 0 Å². The molecule has 3 fully saturated rings. The maximum atomic E-state index is 13.0. The van der Waals surface area contributed by atoms with Crippen LogP contribution in [-0.2, 0) is 14.3 Å². The maximum absolute atomic E-state index is 13.0. The van der Waals surface area contributed by atoms with Gasteiger partial charge in [0.15, 0.2) is 5.60 Å². The molecule has 22 heavy (non-hydrogen) atoms. The highest BCUT2D eigenvalue weighted by Crippen LogP contribution is 2.44. The van der Waals surface area contributed by atoms with Crippen molar-refractivity contribution in [1.29, 1.82) is 0 Å². The lowest BCUT2D eigenvalue weighted by molar-refractivity contribution is -0.170. The van der Waals surface area contributed by atoms with Crippen LogP contribution < -0.4 is 0 Å². The van der Waals surface area contributed by atoms with E-state index in [2.05, 4.69) is 0 Å². The lowest BCUT2D eigenvalue weighted by atomic mass is 9.73. The highest BCUT2D eigenvalue weighted by Gasteiger charge is 2.47. The van der Waals surface area contributed by atoms with Crippen molar-refractivity contribution in [2.75, 3.05) is 32.8 Å². The Labute approximate surface area is 133 Å². The van der Waals surface area contributed by atoms with Gasteiger partial charge < -0.3 is 14.5 Å². The van der Waals surface area contributed by atoms with Gasteiger partial charge in [-0.3, -0.25) is 9.59 Å². The Morgan fingerprint density at radius 2 is 1.68 bits per heavy atom. The van der Waals surface area contributed by atoms with Crippen LogP contribution in [0.3, 0.4) is 0 Å². The molecule has 0 radical (unpaired) electrons. The summed E-state index contributed by atoms with van der Waals surface area (Å²) in [5, 5.41) is 0. The second kappa shape index (κ2) is 5.84. The van der Waals surface area contributed by atoms with Gasteiger partial charge in [0.1, 0.15) is 0 Å². The SMILES string of the molecule is CC(=O)N1CCO[C@](C)(C(=O)N2CCC3(CCCCC3)C2)C1. The Bertz CT molecular complexity index is 459. The van der Waals surface area contributed by atoms with E-state index in [1.54, 1.807) is 11.8 Å². The first kappa shape index (κ1) is 15.8. The summed E-state index contributed by atoms with van der Waals surface area (Å²) >= 11 is 0. The molecule has 2 saturated heterocycles. The van der Waals surface area contributed by atoms with Gasteiger partial charge in [-0.25, -0.2) is 0 Å².